The van der Waals surface area contributed by atoms with Crippen LogP contribution < -0.4 is 5.73 Å². The lowest BCUT2D eigenvalue weighted by Crippen LogP contribution is -2.52. The summed E-state index contributed by atoms with van der Waals surface area (Å²) in [5.41, 5.74) is 5.89. The van der Waals surface area contributed by atoms with Gasteiger partial charge < -0.3 is 19.0 Å². The van der Waals surface area contributed by atoms with Crippen molar-refractivity contribution < 1.29 is 18.1 Å². The molecule has 0 aromatic heterocycles. The molecule has 0 heterocycles. The lowest BCUT2D eigenvalue weighted by atomic mass is 10.2. The van der Waals surface area contributed by atoms with E-state index in [0.717, 1.165) is 0 Å². The van der Waals surface area contributed by atoms with Gasteiger partial charge in [0.05, 0.1) is 6.17 Å². The van der Waals surface area contributed by atoms with E-state index in [0.29, 0.717) is 5.57 Å². The van der Waals surface area contributed by atoms with E-state index in [4.69, 9.17) is 19.0 Å². The Morgan fingerprint density at radius 2 is 1.93 bits per heavy atom. The molecule has 0 amide bonds. The summed E-state index contributed by atoms with van der Waals surface area (Å²) in [7, 11) is 0.0942. The molecular formula is C8H17NO4Si. The van der Waals surface area contributed by atoms with Crippen LogP contribution in [0.15, 0.2) is 12.2 Å². The molecule has 0 aliphatic rings. The summed E-state index contributed by atoms with van der Waals surface area (Å²) < 4.78 is 15.4. The average Bonchev–Trinajstić information content (AvgIpc) is 2.20. The molecule has 0 radical (unpaired) electrons. The fraction of sp³-hybridized carbons (Fsp3) is 0.625. The number of hydrogen-bond donors (Lipinski definition) is 1. The van der Waals surface area contributed by atoms with Crippen molar-refractivity contribution in [1.82, 2.24) is 0 Å². The first-order valence-electron chi connectivity index (χ1n) is 4.14. The van der Waals surface area contributed by atoms with Crippen LogP contribution in [-0.4, -0.2) is 41.6 Å². The molecule has 0 fully saturated rings. The maximum absolute atomic E-state index is 11.2. The molecular weight excluding hydrogens is 202 g/mol. The van der Waals surface area contributed by atoms with Crippen LogP contribution in [0.3, 0.4) is 0 Å². The van der Waals surface area contributed by atoms with E-state index in [9.17, 15) is 4.79 Å². The van der Waals surface area contributed by atoms with Gasteiger partial charge in [-0.05, 0) is 12.5 Å². The fourth-order valence-corrected chi connectivity index (χ4v) is 1.93. The summed E-state index contributed by atoms with van der Waals surface area (Å²) in [5, 5.41) is 0. The molecule has 0 saturated heterocycles. The number of rotatable bonds is 7. The smallest absolute Gasteiger partial charge is 0.376 e. The zero-order chi connectivity index (χ0) is 11.2. The standard InChI is InChI=1S/C8H17NO4Si/c1-7(2)8(10)5-13-14(6-9,11-3)12-4/h1,5-6,9H2,2-4H3. The largest absolute Gasteiger partial charge is 0.515 e. The van der Waals surface area contributed by atoms with E-state index in [1.165, 1.54) is 14.2 Å². The number of carbonyl (C=O) groups excluding carboxylic acids is 1. The molecule has 5 nitrogen and oxygen atoms in total. The van der Waals surface area contributed by atoms with Crippen LogP contribution in [0.1, 0.15) is 6.92 Å². The minimum absolute atomic E-state index is 0.0968. The molecule has 0 aliphatic carbocycles. The average molecular weight is 219 g/mol. The third kappa shape index (κ3) is 3.68. The Labute approximate surface area is 85.2 Å². The van der Waals surface area contributed by atoms with Gasteiger partial charge in [-0.15, -0.1) is 0 Å². The van der Waals surface area contributed by atoms with Gasteiger partial charge in [-0.25, -0.2) is 0 Å². The summed E-state index contributed by atoms with van der Waals surface area (Å²) in [6.07, 6.45) is 0.142. The van der Waals surface area contributed by atoms with Crippen LogP contribution in [0.5, 0.6) is 0 Å². The van der Waals surface area contributed by atoms with E-state index in [2.05, 4.69) is 6.58 Å². The predicted octanol–water partition coefficient (Wildman–Crippen LogP) is -0.122. The highest BCUT2D eigenvalue weighted by atomic mass is 28.4. The zero-order valence-corrected chi connectivity index (χ0v) is 9.83. The van der Waals surface area contributed by atoms with E-state index in [1.807, 2.05) is 0 Å². The molecule has 2 N–H and O–H groups in total. The summed E-state index contributed by atoms with van der Waals surface area (Å²) in [4.78, 5) is 11.2. The van der Waals surface area contributed by atoms with Gasteiger partial charge in [0.15, 0.2) is 5.78 Å². The van der Waals surface area contributed by atoms with Crippen molar-refractivity contribution in [3.05, 3.63) is 12.2 Å². The van der Waals surface area contributed by atoms with Gasteiger partial charge in [0.25, 0.3) is 0 Å². The molecule has 0 spiro atoms. The number of Topliss-reactive ketones (excluding diaryl/α,β-unsaturated/α-hetero) is 1. The maximum Gasteiger partial charge on any atom is 0.515 e. The Morgan fingerprint density at radius 1 is 1.43 bits per heavy atom. The summed E-state index contributed by atoms with van der Waals surface area (Å²) in [6, 6.07) is 0. The van der Waals surface area contributed by atoms with Crippen molar-refractivity contribution >= 4 is 14.6 Å². The predicted molar refractivity (Wildman–Crippen MR) is 54.6 cm³/mol. The van der Waals surface area contributed by atoms with Crippen LogP contribution in [0, 0.1) is 0 Å². The minimum atomic E-state index is -2.81. The van der Waals surface area contributed by atoms with Gasteiger partial charge in [0.2, 0.25) is 0 Å². The first kappa shape index (κ1) is 13.5. The summed E-state index contributed by atoms with van der Waals surface area (Å²) in [6.45, 7) is 5.03. The van der Waals surface area contributed by atoms with Crippen molar-refractivity contribution in [1.29, 1.82) is 0 Å². The number of hydrogen-bond acceptors (Lipinski definition) is 5. The van der Waals surface area contributed by atoms with Gasteiger partial charge in [-0.3, -0.25) is 4.79 Å². The molecule has 0 bridgehead atoms. The molecule has 82 valence electrons. The highest BCUT2D eigenvalue weighted by Gasteiger charge is 2.38. The Hall–Kier alpha value is -0.533. The van der Waals surface area contributed by atoms with Crippen molar-refractivity contribution in [3.63, 3.8) is 0 Å². The molecule has 6 heteroatoms. The Bertz CT molecular complexity index is 207. The second-order valence-corrected chi connectivity index (χ2v) is 5.67. The van der Waals surface area contributed by atoms with Crippen molar-refractivity contribution in [3.8, 4) is 0 Å². The van der Waals surface area contributed by atoms with Gasteiger partial charge in [0.1, 0.15) is 6.61 Å². The van der Waals surface area contributed by atoms with Gasteiger partial charge >= 0.3 is 8.80 Å². The summed E-state index contributed by atoms with van der Waals surface area (Å²) in [5.74, 6) is -0.176. The molecule has 0 saturated carbocycles. The van der Waals surface area contributed by atoms with Crippen LogP contribution in [0.4, 0.5) is 0 Å². The third-order valence-electron chi connectivity index (χ3n) is 1.77. The topological polar surface area (TPSA) is 70.8 Å². The monoisotopic (exact) mass is 219 g/mol. The second kappa shape index (κ2) is 6.05. The third-order valence-corrected chi connectivity index (χ3v) is 4.10. The lowest BCUT2D eigenvalue weighted by molar-refractivity contribution is -0.118. The van der Waals surface area contributed by atoms with Crippen molar-refractivity contribution in [2.45, 2.75) is 6.92 Å². The van der Waals surface area contributed by atoms with Crippen LogP contribution in [0.25, 0.3) is 0 Å². The van der Waals surface area contributed by atoms with E-state index < -0.39 is 8.80 Å². The molecule has 0 rings (SSSR count). The number of ketones is 1. The van der Waals surface area contributed by atoms with Crippen LogP contribution in [0.2, 0.25) is 0 Å². The number of nitrogens with two attached hydrogens (primary N) is 1. The normalized spacial score (nSPS) is 11.4. The van der Waals surface area contributed by atoms with E-state index >= 15 is 0 Å². The highest BCUT2D eigenvalue weighted by Crippen LogP contribution is 2.05. The lowest BCUT2D eigenvalue weighted by Gasteiger charge is -2.24. The molecule has 14 heavy (non-hydrogen) atoms. The molecule has 0 unspecified atom stereocenters. The van der Waals surface area contributed by atoms with Crippen molar-refractivity contribution in [2.75, 3.05) is 27.0 Å². The first-order valence-corrected chi connectivity index (χ1v) is 6.07. The minimum Gasteiger partial charge on any atom is -0.376 e. The molecule has 0 aliphatic heterocycles. The van der Waals surface area contributed by atoms with Gasteiger partial charge in [-0.2, -0.15) is 0 Å². The Morgan fingerprint density at radius 3 is 2.21 bits per heavy atom. The van der Waals surface area contributed by atoms with E-state index in [-0.39, 0.29) is 18.6 Å². The quantitative estimate of drug-likeness (QED) is 0.477. The summed E-state index contributed by atoms with van der Waals surface area (Å²) >= 11 is 0. The van der Waals surface area contributed by atoms with Crippen molar-refractivity contribution in [2.24, 2.45) is 5.73 Å². The second-order valence-electron chi connectivity index (χ2n) is 2.79. The number of carbonyl (C=O) groups is 1. The van der Waals surface area contributed by atoms with Gasteiger partial charge in [-0.1, -0.05) is 6.58 Å². The fourth-order valence-electron chi connectivity index (χ4n) is 0.725. The Kier molecular flexibility index (Phi) is 5.82. The van der Waals surface area contributed by atoms with Gasteiger partial charge in [0, 0.05) is 14.2 Å². The Balaban J connectivity index is 4.19. The molecule has 0 aromatic rings. The molecule has 0 atom stereocenters. The van der Waals surface area contributed by atoms with E-state index in [1.54, 1.807) is 6.92 Å². The SMILES string of the molecule is C=C(C)C(=O)CO[Si](CN)(OC)OC. The molecule has 0 aromatic carbocycles. The highest BCUT2D eigenvalue weighted by molar-refractivity contribution is 6.60. The maximum atomic E-state index is 11.2. The van der Waals surface area contributed by atoms with Crippen LogP contribution in [-0.2, 0) is 18.1 Å². The van der Waals surface area contributed by atoms with Crippen LogP contribution >= 0.6 is 0 Å². The first-order chi connectivity index (χ1) is 6.51. The zero-order valence-electron chi connectivity index (χ0n) is 8.83.